The molecule has 29 heavy (non-hydrogen) atoms. The molecule has 0 unspecified atom stereocenters. The number of rotatable bonds is 7. The summed E-state index contributed by atoms with van der Waals surface area (Å²) < 4.78 is 49.5. The summed E-state index contributed by atoms with van der Waals surface area (Å²) in [6.45, 7) is 0.785. The van der Waals surface area contributed by atoms with E-state index in [1.54, 1.807) is 18.5 Å². The number of hydrogen-bond donors (Lipinski definition) is 0. The lowest BCUT2D eigenvalue weighted by atomic mass is 10.1. The lowest BCUT2D eigenvalue weighted by Crippen LogP contribution is -2.34. The molecular weight excluding hydrogens is 387 g/mol. The van der Waals surface area contributed by atoms with Crippen molar-refractivity contribution in [1.29, 1.82) is 0 Å². The van der Waals surface area contributed by atoms with E-state index in [-0.39, 0.29) is 36.7 Å². The standard InChI is InChI=1S/C20H18F3N3O3/c1-28-9-8-26(12-14-4-3-7-24-11-14)19(27)17-18(29-13-25-17)15-5-2-6-16(10-15)20(21,22)23/h2-7,10-11,13H,8-9,12H2,1H3. The van der Waals surface area contributed by atoms with Crippen LogP contribution < -0.4 is 0 Å². The van der Waals surface area contributed by atoms with E-state index in [9.17, 15) is 18.0 Å². The van der Waals surface area contributed by atoms with Crippen LogP contribution in [0, 0.1) is 0 Å². The van der Waals surface area contributed by atoms with Gasteiger partial charge in [0.25, 0.3) is 5.91 Å². The first kappa shape index (κ1) is 20.5. The summed E-state index contributed by atoms with van der Waals surface area (Å²) in [6, 6.07) is 8.14. The summed E-state index contributed by atoms with van der Waals surface area (Å²) in [5.41, 5.74) is 0.00975. The summed E-state index contributed by atoms with van der Waals surface area (Å²) in [5.74, 6) is -0.498. The summed E-state index contributed by atoms with van der Waals surface area (Å²) in [5, 5.41) is 0. The van der Waals surface area contributed by atoms with Crippen molar-refractivity contribution in [2.45, 2.75) is 12.7 Å². The SMILES string of the molecule is COCCN(Cc1cccnc1)C(=O)c1ncoc1-c1cccc(C(F)(F)F)c1. The van der Waals surface area contributed by atoms with Crippen LogP contribution in [0.15, 0.2) is 59.6 Å². The highest BCUT2D eigenvalue weighted by Crippen LogP contribution is 2.33. The summed E-state index contributed by atoms with van der Waals surface area (Å²) in [6.07, 6.45) is -0.218. The van der Waals surface area contributed by atoms with Crippen LogP contribution >= 0.6 is 0 Å². The molecule has 0 atom stereocenters. The van der Waals surface area contributed by atoms with Gasteiger partial charge in [-0.1, -0.05) is 18.2 Å². The van der Waals surface area contributed by atoms with Crippen molar-refractivity contribution < 1.29 is 27.1 Å². The molecule has 0 saturated heterocycles. The van der Waals surface area contributed by atoms with Gasteiger partial charge < -0.3 is 14.1 Å². The van der Waals surface area contributed by atoms with Gasteiger partial charge in [0, 0.05) is 38.2 Å². The van der Waals surface area contributed by atoms with Gasteiger partial charge in [-0.3, -0.25) is 9.78 Å². The van der Waals surface area contributed by atoms with Crippen LogP contribution in [0.1, 0.15) is 21.6 Å². The van der Waals surface area contributed by atoms with E-state index in [0.717, 1.165) is 24.1 Å². The van der Waals surface area contributed by atoms with Crippen molar-refractivity contribution >= 4 is 5.91 Å². The van der Waals surface area contributed by atoms with Crippen molar-refractivity contribution in [2.24, 2.45) is 0 Å². The lowest BCUT2D eigenvalue weighted by Gasteiger charge is -2.21. The third-order valence-corrected chi connectivity index (χ3v) is 4.17. The van der Waals surface area contributed by atoms with Crippen molar-refractivity contribution in [3.8, 4) is 11.3 Å². The number of pyridine rings is 1. The Bertz CT molecular complexity index is 958. The number of amides is 1. The molecule has 0 fully saturated rings. The van der Waals surface area contributed by atoms with Gasteiger partial charge in [-0.15, -0.1) is 0 Å². The smallest absolute Gasteiger partial charge is 0.416 e. The quantitative estimate of drug-likeness (QED) is 0.593. The van der Waals surface area contributed by atoms with Crippen molar-refractivity contribution in [2.75, 3.05) is 20.3 Å². The molecule has 2 aromatic heterocycles. The number of alkyl halides is 3. The molecule has 0 saturated carbocycles. The highest BCUT2D eigenvalue weighted by atomic mass is 19.4. The molecule has 0 aliphatic heterocycles. The average Bonchev–Trinajstić information content (AvgIpc) is 3.21. The fourth-order valence-corrected chi connectivity index (χ4v) is 2.76. The normalized spacial score (nSPS) is 11.4. The number of ether oxygens (including phenoxy) is 1. The second kappa shape index (κ2) is 8.87. The van der Waals surface area contributed by atoms with Crippen LogP contribution in [-0.4, -0.2) is 41.0 Å². The maximum absolute atomic E-state index is 13.1. The van der Waals surface area contributed by atoms with Crippen LogP contribution in [0.3, 0.4) is 0 Å². The minimum Gasteiger partial charge on any atom is -0.443 e. The van der Waals surface area contributed by atoms with Gasteiger partial charge in [-0.25, -0.2) is 4.98 Å². The van der Waals surface area contributed by atoms with E-state index in [0.29, 0.717) is 0 Å². The van der Waals surface area contributed by atoms with Crippen LogP contribution in [0.4, 0.5) is 13.2 Å². The predicted molar refractivity (Wildman–Crippen MR) is 97.8 cm³/mol. The first-order chi connectivity index (χ1) is 13.9. The molecule has 0 aliphatic carbocycles. The molecule has 9 heteroatoms. The first-order valence-corrected chi connectivity index (χ1v) is 8.68. The highest BCUT2D eigenvalue weighted by Gasteiger charge is 2.31. The Morgan fingerprint density at radius 1 is 1.24 bits per heavy atom. The van der Waals surface area contributed by atoms with E-state index in [4.69, 9.17) is 9.15 Å². The molecule has 3 rings (SSSR count). The van der Waals surface area contributed by atoms with E-state index in [1.807, 2.05) is 6.07 Å². The Balaban J connectivity index is 1.91. The number of aromatic nitrogens is 2. The number of halogens is 3. The molecule has 2 heterocycles. The second-order valence-electron chi connectivity index (χ2n) is 6.19. The van der Waals surface area contributed by atoms with Gasteiger partial charge in [-0.2, -0.15) is 13.2 Å². The van der Waals surface area contributed by atoms with Gasteiger partial charge in [-0.05, 0) is 23.8 Å². The number of carbonyl (C=O) groups excluding carboxylic acids is 1. The first-order valence-electron chi connectivity index (χ1n) is 8.68. The number of carbonyl (C=O) groups is 1. The van der Waals surface area contributed by atoms with E-state index >= 15 is 0 Å². The fraction of sp³-hybridized carbons (Fsp3) is 0.250. The molecule has 3 aromatic rings. The average molecular weight is 405 g/mol. The topological polar surface area (TPSA) is 68.5 Å². The Kier molecular flexibility index (Phi) is 6.28. The number of nitrogens with zero attached hydrogens (tertiary/aromatic N) is 3. The van der Waals surface area contributed by atoms with E-state index in [1.165, 1.54) is 24.1 Å². The largest absolute Gasteiger partial charge is 0.443 e. The maximum Gasteiger partial charge on any atom is 0.416 e. The number of benzene rings is 1. The maximum atomic E-state index is 13.1. The summed E-state index contributed by atoms with van der Waals surface area (Å²) >= 11 is 0. The van der Waals surface area contributed by atoms with Gasteiger partial charge in [0.05, 0.1) is 12.2 Å². The fourth-order valence-electron chi connectivity index (χ4n) is 2.76. The summed E-state index contributed by atoms with van der Waals surface area (Å²) in [4.78, 5) is 22.6. The Morgan fingerprint density at radius 3 is 2.76 bits per heavy atom. The molecule has 6 nitrogen and oxygen atoms in total. The van der Waals surface area contributed by atoms with Crippen molar-refractivity contribution in [3.63, 3.8) is 0 Å². The molecule has 1 amide bonds. The lowest BCUT2D eigenvalue weighted by molar-refractivity contribution is -0.137. The minimum absolute atomic E-state index is 0.0188. The molecule has 0 N–H and O–H groups in total. The van der Waals surface area contributed by atoms with Gasteiger partial charge >= 0.3 is 6.18 Å². The van der Waals surface area contributed by atoms with Crippen LogP contribution in [0.25, 0.3) is 11.3 Å². The monoisotopic (exact) mass is 405 g/mol. The molecule has 0 bridgehead atoms. The molecule has 0 spiro atoms. The third-order valence-electron chi connectivity index (χ3n) is 4.17. The van der Waals surface area contributed by atoms with Crippen molar-refractivity contribution in [1.82, 2.24) is 14.9 Å². The number of methoxy groups -OCH3 is 1. The summed E-state index contributed by atoms with van der Waals surface area (Å²) in [7, 11) is 1.51. The van der Waals surface area contributed by atoms with Crippen molar-refractivity contribution in [3.05, 3.63) is 72.0 Å². The zero-order valence-corrected chi connectivity index (χ0v) is 15.5. The highest BCUT2D eigenvalue weighted by molar-refractivity contribution is 5.97. The minimum atomic E-state index is -4.51. The third kappa shape index (κ3) is 5.00. The number of oxazole rings is 1. The Hall–Kier alpha value is -3.20. The number of hydrogen-bond acceptors (Lipinski definition) is 5. The van der Waals surface area contributed by atoms with Gasteiger partial charge in [0.2, 0.25) is 0 Å². The van der Waals surface area contributed by atoms with Gasteiger partial charge in [0.15, 0.2) is 17.8 Å². The molecular formula is C20H18F3N3O3. The molecule has 152 valence electrons. The Morgan fingerprint density at radius 2 is 2.07 bits per heavy atom. The van der Waals surface area contributed by atoms with Crippen LogP contribution in [0.2, 0.25) is 0 Å². The Labute approximate surface area is 165 Å². The van der Waals surface area contributed by atoms with E-state index < -0.39 is 17.6 Å². The second-order valence-corrected chi connectivity index (χ2v) is 6.19. The predicted octanol–water partition coefficient (Wildman–Crippen LogP) is 4.04. The van der Waals surface area contributed by atoms with Gasteiger partial charge in [0.1, 0.15) is 0 Å². The van der Waals surface area contributed by atoms with Crippen LogP contribution in [0.5, 0.6) is 0 Å². The van der Waals surface area contributed by atoms with Crippen LogP contribution in [-0.2, 0) is 17.5 Å². The molecule has 0 aliphatic rings. The zero-order valence-electron chi connectivity index (χ0n) is 15.5. The molecule has 1 aromatic carbocycles. The van der Waals surface area contributed by atoms with E-state index in [2.05, 4.69) is 9.97 Å². The molecule has 0 radical (unpaired) electrons. The zero-order chi connectivity index (χ0) is 20.9.